The van der Waals surface area contributed by atoms with Crippen molar-refractivity contribution in [2.45, 2.75) is 30.0 Å². The summed E-state index contributed by atoms with van der Waals surface area (Å²) < 4.78 is 37.6. The first-order chi connectivity index (χ1) is 13.9. The van der Waals surface area contributed by atoms with Gasteiger partial charge in [-0.05, 0) is 48.4 Å². The number of amides is 1. The first kappa shape index (κ1) is 21.6. The van der Waals surface area contributed by atoms with Crippen LogP contribution < -0.4 is 14.8 Å². The van der Waals surface area contributed by atoms with Crippen LogP contribution in [-0.2, 0) is 21.4 Å². The summed E-state index contributed by atoms with van der Waals surface area (Å²) >= 11 is 1.23. The van der Waals surface area contributed by atoms with Gasteiger partial charge in [-0.3, -0.25) is 4.79 Å². The summed E-state index contributed by atoms with van der Waals surface area (Å²) in [4.78, 5) is 12.4. The molecule has 1 aliphatic heterocycles. The van der Waals surface area contributed by atoms with Gasteiger partial charge in [-0.1, -0.05) is 6.07 Å². The van der Waals surface area contributed by atoms with Crippen LogP contribution in [0.3, 0.4) is 0 Å². The van der Waals surface area contributed by atoms with Crippen molar-refractivity contribution in [3.8, 4) is 11.5 Å². The molecule has 0 bridgehead atoms. The Balaban J connectivity index is 1.49. The molecule has 1 N–H and O–H groups in total. The van der Waals surface area contributed by atoms with E-state index in [1.165, 1.54) is 15.6 Å². The quantitative estimate of drug-likeness (QED) is 0.685. The van der Waals surface area contributed by atoms with Gasteiger partial charge >= 0.3 is 0 Å². The number of methoxy groups -OCH3 is 2. The first-order valence-electron chi connectivity index (χ1n) is 9.45. The molecule has 3 rings (SSSR count). The lowest BCUT2D eigenvalue weighted by Crippen LogP contribution is -2.39. The number of rotatable bonds is 8. The minimum atomic E-state index is -3.41. The minimum absolute atomic E-state index is 0.0468. The molecule has 1 saturated heterocycles. The Hall–Kier alpha value is -2.10. The maximum atomic E-state index is 12.6. The molecule has 158 valence electrons. The van der Waals surface area contributed by atoms with Gasteiger partial charge in [0.15, 0.2) is 0 Å². The van der Waals surface area contributed by atoms with Gasteiger partial charge in [0, 0.05) is 31.6 Å². The molecule has 0 unspecified atom stereocenters. The van der Waals surface area contributed by atoms with Crippen LogP contribution in [0, 0.1) is 5.92 Å². The Morgan fingerprint density at radius 2 is 1.97 bits per heavy atom. The third kappa shape index (κ3) is 5.29. The Bertz CT molecular complexity index is 920. The zero-order valence-corrected chi connectivity index (χ0v) is 18.2. The summed E-state index contributed by atoms with van der Waals surface area (Å²) in [6, 6.07) is 8.83. The number of ether oxygens (including phenoxy) is 2. The predicted molar refractivity (Wildman–Crippen MR) is 112 cm³/mol. The Morgan fingerprint density at radius 3 is 2.59 bits per heavy atom. The number of nitrogens with zero attached hydrogens (tertiary/aromatic N) is 1. The van der Waals surface area contributed by atoms with Gasteiger partial charge in [-0.15, -0.1) is 11.3 Å². The number of carbonyl (C=O) groups is 1. The van der Waals surface area contributed by atoms with Crippen LogP contribution >= 0.6 is 11.3 Å². The van der Waals surface area contributed by atoms with E-state index in [0.717, 1.165) is 5.56 Å². The molecule has 0 atom stereocenters. The molecule has 7 nitrogen and oxygen atoms in total. The van der Waals surface area contributed by atoms with Gasteiger partial charge in [0.05, 0.1) is 14.2 Å². The third-order valence-corrected chi connectivity index (χ3v) is 8.37. The average molecular weight is 439 g/mol. The molecule has 1 aromatic carbocycles. The van der Waals surface area contributed by atoms with Crippen molar-refractivity contribution < 1.29 is 22.7 Å². The molecule has 0 spiro atoms. The highest BCUT2D eigenvalue weighted by atomic mass is 32.2. The Labute approximate surface area is 175 Å². The van der Waals surface area contributed by atoms with Gasteiger partial charge in [-0.25, -0.2) is 8.42 Å². The summed E-state index contributed by atoms with van der Waals surface area (Å²) in [5.74, 6) is 1.53. The molecule has 0 radical (unpaired) electrons. The van der Waals surface area contributed by atoms with E-state index >= 15 is 0 Å². The van der Waals surface area contributed by atoms with Crippen LogP contribution in [0.25, 0.3) is 0 Å². The lowest BCUT2D eigenvalue weighted by Gasteiger charge is -2.30. The topological polar surface area (TPSA) is 84.9 Å². The normalized spacial score (nSPS) is 15.8. The fraction of sp³-hybridized carbons (Fsp3) is 0.450. The van der Waals surface area contributed by atoms with Crippen LogP contribution in [0.15, 0.2) is 39.9 Å². The van der Waals surface area contributed by atoms with Crippen LogP contribution in [0.2, 0.25) is 0 Å². The van der Waals surface area contributed by atoms with Crippen molar-refractivity contribution in [1.29, 1.82) is 0 Å². The zero-order valence-electron chi connectivity index (χ0n) is 16.6. The largest absolute Gasteiger partial charge is 0.497 e. The molecule has 2 aromatic rings. The summed E-state index contributed by atoms with van der Waals surface area (Å²) in [5.41, 5.74) is 0.845. The summed E-state index contributed by atoms with van der Waals surface area (Å²) in [6.45, 7) is 1.24. The summed E-state index contributed by atoms with van der Waals surface area (Å²) in [6.07, 6.45) is 1.75. The lowest BCUT2D eigenvalue weighted by molar-refractivity contribution is -0.122. The molecule has 2 heterocycles. The maximum absolute atomic E-state index is 12.6. The number of hydrogen-bond acceptors (Lipinski definition) is 6. The number of thiophene rings is 1. The summed E-state index contributed by atoms with van der Waals surface area (Å²) in [7, 11) is -0.225. The highest BCUT2D eigenvalue weighted by Crippen LogP contribution is 2.28. The van der Waals surface area contributed by atoms with Crippen molar-refractivity contribution in [3.05, 3.63) is 41.3 Å². The number of sulfonamides is 1. The average Bonchev–Trinajstić information content (AvgIpc) is 3.28. The van der Waals surface area contributed by atoms with E-state index in [4.69, 9.17) is 9.47 Å². The predicted octanol–water partition coefficient (Wildman–Crippen LogP) is 2.87. The monoisotopic (exact) mass is 438 g/mol. The molecular formula is C20H26N2O5S2. The third-order valence-electron chi connectivity index (χ3n) is 5.10. The van der Waals surface area contributed by atoms with Crippen LogP contribution in [0.4, 0.5) is 0 Å². The van der Waals surface area contributed by atoms with E-state index in [0.29, 0.717) is 54.6 Å². The molecule has 29 heavy (non-hydrogen) atoms. The second-order valence-corrected chi connectivity index (χ2v) is 10.1. The number of piperidine rings is 1. The van der Waals surface area contributed by atoms with Gasteiger partial charge in [0.25, 0.3) is 10.0 Å². The van der Waals surface area contributed by atoms with Gasteiger partial charge in [0.1, 0.15) is 15.7 Å². The Kier molecular flexibility index (Phi) is 7.15. The van der Waals surface area contributed by atoms with Crippen molar-refractivity contribution >= 4 is 27.3 Å². The van der Waals surface area contributed by atoms with E-state index in [1.54, 1.807) is 31.7 Å². The highest BCUT2D eigenvalue weighted by Gasteiger charge is 2.30. The number of nitrogens with one attached hydrogen (secondary N) is 1. The van der Waals surface area contributed by atoms with E-state index in [2.05, 4.69) is 5.32 Å². The maximum Gasteiger partial charge on any atom is 0.252 e. The van der Waals surface area contributed by atoms with Crippen LogP contribution in [0.1, 0.15) is 24.8 Å². The van der Waals surface area contributed by atoms with E-state index in [-0.39, 0.29) is 11.8 Å². The molecule has 1 fully saturated rings. The zero-order chi connectivity index (χ0) is 20.9. The van der Waals surface area contributed by atoms with Crippen molar-refractivity contribution in [2.75, 3.05) is 27.3 Å². The first-order valence-corrected chi connectivity index (χ1v) is 11.8. The standard InChI is InChI=1S/C20H26N2O5S2/c1-26-17-5-6-18(27-2)16(13-17)14-21-19(23)12-15-7-9-22(10-8-15)29(24,25)20-4-3-11-28-20/h3-6,11,13,15H,7-10,12,14H2,1-2H3,(H,21,23). The number of benzene rings is 1. The smallest absolute Gasteiger partial charge is 0.252 e. The van der Waals surface area contributed by atoms with Gasteiger partial charge < -0.3 is 14.8 Å². The molecule has 0 aliphatic carbocycles. The van der Waals surface area contributed by atoms with Crippen molar-refractivity contribution in [1.82, 2.24) is 9.62 Å². The number of hydrogen-bond donors (Lipinski definition) is 1. The fourth-order valence-corrected chi connectivity index (χ4v) is 6.05. The van der Waals surface area contributed by atoms with Gasteiger partial charge in [0.2, 0.25) is 5.91 Å². The molecule has 1 aliphatic rings. The SMILES string of the molecule is COc1ccc(OC)c(CNC(=O)CC2CCN(S(=O)(=O)c3cccs3)CC2)c1. The minimum Gasteiger partial charge on any atom is -0.497 e. The van der Waals surface area contributed by atoms with Crippen molar-refractivity contribution in [3.63, 3.8) is 0 Å². The summed E-state index contributed by atoms with van der Waals surface area (Å²) in [5, 5.41) is 4.70. The fourth-order valence-electron chi connectivity index (χ4n) is 3.44. The molecule has 9 heteroatoms. The van der Waals surface area contributed by atoms with Crippen LogP contribution in [-0.4, -0.2) is 45.9 Å². The molecule has 1 amide bonds. The van der Waals surface area contributed by atoms with E-state index < -0.39 is 10.0 Å². The molecular weight excluding hydrogens is 412 g/mol. The molecule has 0 saturated carbocycles. The molecule has 1 aromatic heterocycles. The Morgan fingerprint density at radius 1 is 1.21 bits per heavy atom. The number of carbonyl (C=O) groups excluding carboxylic acids is 1. The second kappa shape index (κ2) is 9.60. The second-order valence-electron chi connectivity index (χ2n) is 6.94. The highest BCUT2D eigenvalue weighted by molar-refractivity contribution is 7.91. The van der Waals surface area contributed by atoms with Crippen LogP contribution in [0.5, 0.6) is 11.5 Å². The van der Waals surface area contributed by atoms with E-state index in [9.17, 15) is 13.2 Å². The van der Waals surface area contributed by atoms with Gasteiger partial charge in [-0.2, -0.15) is 4.31 Å². The lowest BCUT2D eigenvalue weighted by atomic mass is 9.94. The van der Waals surface area contributed by atoms with E-state index in [1.807, 2.05) is 18.2 Å². The van der Waals surface area contributed by atoms with Crippen molar-refractivity contribution in [2.24, 2.45) is 5.92 Å².